The van der Waals surface area contributed by atoms with Gasteiger partial charge in [-0.3, -0.25) is 0 Å². The lowest BCUT2D eigenvalue weighted by molar-refractivity contribution is -0.702. The Bertz CT molecular complexity index is 468. The fourth-order valence-electron chi connectivity index (χ4n) is 1.74. The van der Waals surface area contributed by atoms with Crippen LogP contribution in [-0.4, -0.2) is 11.6 Å². The molecule has 0 aliphatic heterocycles. The molecule has 1 aromatic heterocycles. The minimum Gasteiger partial charge on any atom is -0.176 e. The molecule has 0 aliphatic carbocycles. The number of hydrogen-bond donors (Lipinski definition) is 0. The summed E-state index contributed by atoms with van der Waals surface area (Å²) in [6.45, 7) is 1.13. The number of thioether (sulfide) groups is 1. The molecule has 102 valence electrons. The van der Waals surface area contributed by atoms with Gasteiger partial charge >= 0.3 is 0 Å². The molecule has 2 rings (SSSR count). The first-order valence-electron chi connectivity index (χ1n) is 5.38. The molecule has 18 heavy (non-hydrogen) atoms. The van der Waals surface area contributed by atoms with E-state index in [4.69, 9.17) is 0 Å². The van der Waals surface area contributed by atoms with Crippen LogP contribution >= 0.6 is 39.0 Å². The van der Waals surface area contributed by atoms with Gasteiger partial charge in [0, 0.05) is 17.8 Å². The molecule has 0 saturated carbocycles. The number of para-hydroxylation sites is 1. The molecule has 1 nitrogen and oxygen atoms in total. The second-order valence-corrected chi connectivity index (χ2v) is 6.46. The summed E-state index contributed by atoms with van der Waals surface area (Å²) >= 11 is 7.23. The molecule has 1 heterocycles. The van der Waals surface area contributed by atoms with Gasteiger partial charge in [0.05, 0.1) is 0 Å². The van der Waals surface area contributed by atoms with Crippen LogP contribution in [0.4, 0.5) is 0 Å². The van der Waals surface area contributed by atoms with E-state index < -0.39 is 0 Å². The highest BCUT2D eigenvalue weighted by molar-refractivity contribution is 9.09. The van der Waals surface area contributed by atoms with Gasteiger partial charge in [-0.1, -0.05) is 54.3 Å². The number of aromatic nitrogens is 1. The van der Waals surface area contributed by atoms with E-state index in [-0.39, 0.29) is 14.9 Å². The molecule has 0 unspecified atom stereocenters. The van der Waals surface area contributed by atoms with Crippen molar-refractivity contribution in [2.24, 2.45) is 0 Å². The maximum Gasteiger partial charge on any atom is 0.298 e. The normalized spacial score (nSPS) is 9.89. The maximum atomic E-state index is 3.49. The van der Waals surface area contributed by atoms with Crippen LogP contribution in [0.25, 0.3) is 10.2 Å². The van der Waals surface area contributed by atoms with Crippen LogP contribution in [0.15, 0.2) is 28.6 Å². The van der Waals surface area contributed by atoms with Crippen LogP contribution in [-0.2, 0) is 6.54 Å². The van der Waals surface area contributed by atoms with Gasteiger partial charge in [0.15, 0.2) is 6.54 Å². The average Bonchev–Trinajstić information content (AvgIpc) is 2.68. The first kappa shape index (κ1) is 17.9. The zero-order valence-electron chi connectivity index (χ0n) is 9.28. The Morgan fingerprint density at radius 3 is 2.61 bits per heavy atom. The van der Waals surface area contributed by atoms with Crippen molar-refractivity contribution < 1.29 is 4.57 Å². The summed E-state index contributed by atoms with van der Waals surface area (Å²) in [5.74, 6) is 0. The fraction of sp³-hybridized carbons (Fsp3) is 0.500. The summed E-state index contributed by atoms with van der Waals surface area (Å²) in [4.78, 5) is 0. The molecule has 4 heteroatoms. The number of halogens is 1. The topological polar surface area (TPSA) is 3.88 Å². The summed E-state index contributed by atoms with van der Waals surface area (Å²) in [5.41, 5.74) is 1.38. The third-order valence-corrected chi connectivity index (χ3v) is 5.35. The first-order chi connectivity index (χ1) is 7.86. The summed E-state index contributed by atoms with van der Waals surface area (Å²) in [5, 5.41) is 1.10. The van der Waals surface area contributed by atoms with Crippen molar-refractivity contribution in [2.45, 2.75) is 38.6 Å². The predicted octanol–water partition coefficient (Wildman–Crippen LogP) is 5.36. The molecule has 0 spiro atoms. The zero-order valence-corrected chi connectivity index (χ0v) is 12.5. The first-order valence-corrected chi connectivity index (χ1v) is 8.54. The number of unbranched alkanes of at least 4 members (excludes halogenated alkanes) is 1. The molecule has 0 N–H and O–H groups in total. The summed E-state index contributed by atoms with van der Waals surface area (Å²) in [6, 6.07) is 8.67. The van der Waals surface area contributed by atoms with E-state index in [9.17, 15) is 0 Å². The van der Waals surface area contributed by atoms with Gasteiger partial charge in [0.2, 0.25) is 5.52 Å². The van der Waals surface area contributed by atoms with Crippen molar-refractivity contribution in [3.8, 4) is 0 Å². The minimum atomic E-state index is 0. The van der Waals surface area contributed by atoms with E-state index in [1.165, 1.54) is 27.4 Å². The van der Waals surface area contributed by atoms with E-state index in [0.29, 0.717) is 0 Å². The van der Waals surface area contributed by atoms with Gasteiger partial charge in [0.25, 0.3) is 4.34 Å². The van der Waals surface area contributed by atoms with Crippen molar-refractivity contribution in [3.63, 3.8) is 0 Å². The Labute approximate surface area is 128 Å². The second-order valence-electron chi connectivity index (χ2n) is 3.59. The third kappa shape index (κ3) is 3.97. The van der Waals surface area contributed by atoms with Crippen LogP contribution in [0.1, 0.15) is 27.7 Å². The Balaban J connectivity index is 0.00000144. The van der Waals surface area contributed by atoms with E-state index in [2.05, 4.69) is 51.0 Å². The molecule has 0 radical (unpaired) electrons. The largest absolute Gasteiger partial charge is 0.298 e. The number of benzene rings is 1. The molecule has 0 bridgehead atoms. The Morgan fingerprint density at radius 1 is 1.22 bits per heavy atom. The number of hydrogen-bond acceptors (Lipinski definition) is 2. The fourth-order valence-corrected chi connectivity index (χ4v) is 4.07. The van der Waals surface area contributed by atoms with Crippen LogP contribution in [0, 0.1) is 0 Å². The van der Waals surface area contributed by atoms with E-state index in [1.54, 1.807) is 0 Å². The van der Waals surface area contributed by atoms with E-state index >= 15 is 0 Å². The average molecular weight is 349 g/mol. The maximum absolute atomic E-state index is 3.49. The lowest BCUT2D eigenvalue weighted by atomic mass is 10.3. The molecule has 1 aromatic carbocycles. The van der Waals surface area contributed by atoms with E-state index in [1.807, 2.05) is 23.1 Å². The lowest BCUT2D eigenvalue weighted by Gasteiger charge is -1.96. The minimum absolute atomic E-state index is 0. The molecule has 0 fully saturated rings. The highest BCUT2D eigenvalue weighted by Gasteiger charge is 2.18. The second kappa shape index (κ2) is 8.94. The smallest absolute Gasteiger partial charge is 0.176 e. The van der Waals surface area contributed by atoms with Gasteiger partial charge in [-0.05, 0) is 30.5 Å². The third-order valence-electron chi connectivity index (χ3n) is 2.51. The van der Waals surface area contributed by atoms with Crippen molar-refractivity contribution in [1.29, 1.82) is 0 Å². The summed E-state index contributed by atoms with van der Waals surface area (Å²) < 4.78 is 5.26. The van der Waals surface area contributed by atoms with Gasteiger partial charge in [-0.2, -0.15) is 4.57 Å². The van der Waals surface area contributed by atoms with Gasteiger partial charge < -0.3 is 0 Å². The Morgan fingerprint density at radius 2 is 1.94 bits per heavy atom. The molecule has 0 saturated heterocycles. The number of thiazole rings is 1. The summed E-state index contributed by atoms with van der Waals surface area (Å²) in [7, 11) is 0. The van der Waals surface area contributed by atoms with Crippen LogP contribution < -0.4 is 4.57 Å². The van der Waals surface area contributed by atoms with Crippen LogP contribution in [0.5, 0.6) is 0 Å². The zero-order chi connectivity index (χ0) is 11.4. The van der Waals surface area contributed by atoms with Gasteiger partial charge in [0.1, 0.15) is 4.70 Å². The van der Waals surface area contributed by atoms with Crippen LogP contribution in [0.3, 0.4) is 0 Å². The lowest BCUT2D eigenvalue weighted by Crippen LogP contribution is -2.34. The number of fused-ring (bicyclic) bond motifs is 1. The number of aryl methyl sites for hydroxylation is 1. The van der Waals surface area contributed by atoms with Crippen LogP contribution in [0.2, 0.25) is 0 Å². The monoisotopic (exact) mass is 348 g/mol. The summed E-state index contributed by atoms with van der Waals surface area (Å²) in [6.07, 6.45) is 4.64. The number of alkyl halides is 1. The predicted molar refractivity (Wildman–Crippen MR) is 90.3 cm³/mol. The van der Waals surface area contributed by atoms with Crippen molar-refractivity contribution in [1.82, 2.24) is 0 Å². The van der Waals surface area contributed by atoms with Crippen molar-refractivity contribution in [3.05, 3.63) is 24.3 Å². The van der Waals surface area contributed by atoms with Gasteiger partial charge in [-0.25, -0.2) is 0 Å². The Hall–Kier alpha value is -0.0600. The molecular formula is C14H23BrNS2+. The molecule has 0 aliphatic rings. The molecule has 0 atom stereocenters. The molecule has 2 aromatic rings. The highest BCUT2D eigenvalue weighted by Crippen LogP contribution is 2.26. The SMILES string of the molecule is C.C.CSc1sc2ccccc2[n+]1CCCCBr. The number of rotatable bonds is 5. The molecule has 0 amide bonds. The van der Waals surface area contributed by atoms with Gasteiger partial charge in [-0.15, -0.1) is 0 Å². The number of nitrogens with zero attached hydrogens (tertiary/aromatic N) is 1. The van der Waals surface area contributed by atoms with Crippen molar-refractivity contribution >= 4 is 49.2 Å². The quantitative estimate of drug-likeness (QED) is 0.304. The van der Waals surface area contributed by atoms with E-state index in [0.717, 1.165) is 11.9 Å². The Kier molecular flexibility index (Phi) is 8.91. The molecular weight excluding hydrogens is 326 g/mol. The highest BCUT2D eigenvalue weighted by atomic mass is 79.9. The standard InChI is InChI=1S/C12H15BrNS2.2CH4/c1-15-12-14(9-5-4-8-13)10-6-2-3-7-11(10)16-12;;/h2-3,6-7H,4-5,8-9H2,1H3;2*1H4/q+1;;. The van der Waals surface area contributed by atoms with Crippen molar-refractivity contribution in [2.75, 3.05) is 11.6 Å².